The number of methoxy groups -OCH3 is 1. The highest BCUT2D eigenvalue weighted by Gasteiger charge is 2.14. The quantitative estimate of drug-likeness (QED) is 0.279. The molecule has 4 aromatic carbocycles. The Morgan fingerprint density at radius 1 is 0.844 bits per heavy atom. The van der Waals surface area contributed by atoms with Gasteiger partial charge in [0.15, 0.2) is 0 Å². The van der Waals surface area contributed by atoms with Crippen LogP contribution in [0.2, 0.25) is 0 Å². The van der Waals surface area contributed by atoms with E-state index in [0.29, 0.717) is 17.0 Å². The van der Waals surface area contributed by atoms with E-state index in [0.717, 1.165) is 37.1 Å². The van der Waals surface area contributed by atoms with Gasteiger partial charge >= 0.3 is 0 Å². The summed E-state index contributed by atoms with van der Waals surface area (Å²) in [7, 11) is 1.65. The fourth-order valence-electron chi connectivity index (χ4n) is 3.93. The van der Waals surface area contributed by atoms with Gasteiger partial charge in [0.2, 0.25) is 5.55 Å². The van der Waals surface area contributed by atoms with Gasteiger partial charge in [0, 0.05) is 5.39 Å². The summed E-state index contributed by atoms with van der Waals surface area (Å²) in [5.74, 6) is 0.691. The highest BCUT2D eigenvalue weighted by molar-refractivity contribution is 7.21. The lowest BCUT2D eigenvalue weighted by Gasteiger charge is -2.07. The molecule has 0 spiro atoms. The minimum Gasteiger partial charge on any atom is -0.494 e. The van der Waals surface area contributed by atoms with Crippen molar-refractivity contribution < 1.29 is 9.15 Å². The van der Waals surface area contributed by atoms with E-state index in [4.69, 9.17) is 19.1 Å². The highest BCUT2D eigenvalue weighted by atomic mass is 32.1. The second kappa shape index (κ2) is 7.62. The number of hydrogen-bond acceptors (Lipinski definition) is 5. The minimum atomic E-state index is 0.510. The molecule has 0 N–H and O–H groups in total. The number of aromatic nitrogens is 1. The molecule has 0 aliphatic carbocycles. The zero-order valence-electron chi connectivity index (χ0n) is 17.3. The Kier molecular flexibility index (Phi) is 4.47. The average molecular weight is 435 g/mol. The first-order chi connectivity index (χ1) is 15.8. The highest BCUT2D eigenvalue weighted by Crippen LogP contribution is 2.33. The van der Waals surface area contributed by atoms with E-state index >= 15 is 0 Å². The average Bonchev–Trinajstić information content (AvgIpc) is 3.28. The fraction of sp³-hybridized carbons (Fsp3) is 0.0370. The van der Waals surface area contributed by atoms with Crippen LogP contribution in [-0.2, 0) is 0 Å². The Morgan fingerprint density at radius 3 is 2.56 bits per heavy atom. The van der Waals surface area contributed by atoms with Gasteiger partial charge < -0.3 is 9.15 Å². The molecule has 2 aromatic heterocycles. The number of thiazole rings is 1. The van der Waals surface area contributed by atoms with E-state index in [1.165, 1.54) is 5.39 Å². The van der Waals surface area contributed by atoms with E-state index in [-0.39, 0.29) is 0 Å². The molecule has 0 unspecified atom stereocenters. The normalized spacial score (nSPS) is 12.1. The van der Waals surface area contributed by atoms with Crippen molar-refractivity contribution in [3.05, 3.63) is 96.5 Å². The molecule has 0 amide bonds. The van der Waals surface area contributed by atoms with Crippen LogP contribution in [0.4, 0.5) is 5.69 Å². The molecule has 5 heteroatoms. The lowest BCUT2D eigenvalue weighted by atomic mass is 10.0. The van der Waals surface area contributed by atoms with Gasteiger partial charge in [0.05, 0.1) is 22.9 Å². The molecule has 4 nitrogen and oxygen atoms in total. The van der Waals surface area contributed by atoms with Crippen LogP contribution in [0.3, 0.4) is 0 Å². The Morgan fingerprint density at radius 2 is 1.66 bits per heavy atom. The van der Waals surface area contributed by atoms with Gasteiger partial charge in [-0.2, -0.15) is 0 Å². The Labute approximate surface area is 188 Å². The predicted octanol–water partition coefficient (Wildman–Crippen LogP) is 7.10. The SMILES string of the molecule is COc1ccccc1N=c1oc2ccc3ccccc3c2cc1-c1nc2ccccc2s1. The maximum absolute atomic E-state index is 6.40. The number of fused-ring (bicyclic) bond motifs is 4. The van der Waals surface area contributed by atoms with Crippen LogP contribution in [0.15, 0.2) is 100 Å². The zero-order valence-corrected chi connectivity index (χ0v) is 18.1. The molecular weight excluding hydrogens is 416 g/mol. The molecule has 6 aromatic rings. The molecule has 154 valence electrons. The van der Waals surface area contributed by atoms with Gasteiger partial charge in [-0.15, -0.1) is 11.3 Å². The summed E-state index contributed by atoms with van der Waals surface area (Å²) in [5.41, 5.74) is 3.83. The standard InChI is InChI=1S/C27H18N2O2S/c1-30-24-12-6-4-10-21(24)28-26-20(27-29-22-11-5-7-13-25(22)32-27)16-19-18-9-3-2-8-17(18)14-15-23(19)31-26/h2-16H,1H3. The zero-order chi connectivity index (χ0) is 21.5. The van der Waals surface area contributed by atoms with Crippen molar-refractivity contribution in [3.8, 4) is 16.3 Å². The Bertz CT molecular complexity index is 1650. The number of benzene rings is 4. The van der Waals surface area contributed by atoms with Gasteiger partial charge in [-0.05, 0) is 47.2 Å². The summed E-state index contributed by atoms with van der Waals surface area (Å²) in [6.07, 6.45) is 0. The summed E-state index contributed by atoms with van der Waals surface area (Å²) >= 11 is 1.64. The lowest BCUT2D eigenvalue weighted by molar-refractivity contribution is 0.415. The molecule has 0 aliphatic rings. The maximum Gasteiger partial charge on any atom is 0.230 e. The maximum atomic E-state index is 6.40. The number of nitrogens with zero attached hydrogens (tertiary/aromatic N) is 2. The van der Waals surface area contributed by atoms with E-state index < -0.39 is 0 Å². The van der Waals surface area contributed by atoms with Crippen LogP contribution in [0.1, 0.15) is 0 Å². The number of ether oxygens (including phenoxy) is 1. The molecule has 0 aliphatic heterocycles. The second-order valence-electron chi connectivity index (χ2n) is 7.43. The van der Waals surface area contributed by atoms with Crippen molar-refractivity contribution in [2.75, 3.05) is 7.11 Å². The molecular formula is C27H18N2O2S. The number of rotatable bonds is 3. The molecule has 0 radical (unpaired) electrons. The molecule has 6 rings (SSSR count). The first-order valence-corrected chi connectivity index (χ1v) is 11.1. The third-order valence-electron chi connectivity index (χ3n) is 5.49. The van der Waals surface area contributed by atoms with Crippen LogP contribution in [0.25, 0.3) is 42.5 Å². The summed E-state index contributed by atoms with van der Waals surface area (Å²) in [6, 6.07) is 30.4. The Balaban J connectivity index is 1.71. The van der Waals surface area contributed by atoms with Crippen molar-refractivity contribution in [2.24, 2.45) is 4.99 Å². The summed E-state index contributed by atoms with van der Waals surface area (Å²) < 4.78 is 13.0. The van der Waals surface area contributed by atoms with Crippen LogP contribution < -0.4 is 10.3 Å². The van der Waals surface area contributed by atoms with Crippen molar-refractivity contribution in [1.82, 2.24) is 4.98 Å². The lowest BCUT2D eigenvalue weighted by Crippen LogP contribution is -2.05. The topological polar surface area (TPSA) is 47.6 Å². The molecule has 2 heterocycles. The van der Waals surface area contributed by atoms with E-state index in [9.17, 15) is 0 Å². The molecule has 0 bridgehead atoms. The second-order valence-corrected chi connectivity index (χ2v) is 8.46. The predicted molar refractivity (Wildman–Crippen MR) is 131 cm³/mol. The van der Waals surface area contributed by atoms with Gasteiger partial charge in [0.1, 0.15) is 22.0 Å². The molecule has 0 saturated carbocycles. The third-order valence-corrected chi connectivity index (χ3v) is 6.56. The van der Waals surface area contributed by atoms with Crippen LogP contribution >= 0.6 is 11.3 Å². The van der Waals surface area contributed by atoms with E-state index in [2.05, 4.69) is 30.3 Å². The number of hydrogen-bond donors (Lipinski definition) is 0. The van der Waals surface area contributed by atoms with Crippen molar-refractivity contribution in [2.45, 2.75) is 0 Å². The van der Waals surface area contributed by atoms with E-state index in [1.807, 2.05) is 60.7 Å². The van der Waals surface area contributed by atoms with Gasteiger partial charge in [-0.1, -0.05) is 54.6 Å². The minimum absolute atomic E-state index is 0.510. The van der Waals surface area contributed by atoms with Gasteiger partial charge in [-0.3, -0.25) is 0 Å². The fourth-order valence-corrected chi connectivity index (χ4v) is 4.91. The van der Waals surface area contributed by atoms with Crippen LogP contribution in [0, 0.1) is 0 Å². The monoisotopic (exact) mass is 434 g/mol. The summed E-state index contributed by atoms with van der Waals surface area (Å²) in [5, 5.41) is 4.22. The van der Waals surface area contributed by atoms with Crippen molar-refractivity contribution in [3.63, 3.8) is 0 Å². The summed E-state index contributed by atoms with van der Waals surface area (Å²) in [4.78, 5) is 9.75. The van der Waals surface area contributed by atoms with E-state index in [1.54, 1.807) is 18.4 Å². The van der Waals surface area contributed by atoms with Crippen molar-refractivity contribution in [1.29, 1.82) is 0 Å². The molecule has 0 fully saturated rings. The van der Waals surface area contributed by atoms with Crippen molar-refractivity contribution >= 4 is 49.0 Å². The molecule has 0 atom stereocenters. The van der Waals surface area contributed by atoms with Crippen LogP contribution in [-0.4, -0.2) is 12.1 Å². The van der Waals surface area contributed by atoms with Crippen LogP contribution in [0.5, 0.6) is 5.75 Å². The third kappa shape index (κ3) is 3.15. The summed E-state index contributed by atoms with van der Waals surface area (Å²) in [6.45, 7) is 0. The van der Waals surface area contributed by atoms with Gasteiger partial charge in [-0.25, -0.2) is 9.98 Å². The molecule has 0 saturated heterocycles. The largest absolute Gasteiger partial charge is 0.494 e. The Hall–Kier alpha value is -3.96. The van der Waals surface area contributed by atoms with Gasteiger partial charge in [0.25, 0.3) is 0 Å². The smallest absolute Gasteiger partial charge is 0.230 e. The molecule has 32 heavy (non-hydrogen) atoms. The number of para-hydroxylation sites is 3. The first-order valence-electron chi connectivity index (χ1n) is 10.3. The first kappa shape index (κ1) is 18.8.